The first-order chi connectivity index (χ1) is 12.7. The van der Waals surface area contributed by atoms with Crippen LogP contribution in [0.3, 0.4) is 0 Å². The van der Waals surface area contributed by atoms with E-state index in [1.807, 2.05) is 30.0 Å². The normalized spacial score (nSPS) is 28.4. The summed E-state index contributed by atoms with van der Waals surface area (Å²) in [6.45, 7) is 6.43. The fourth-order valence-electron chi connectivity index (χ4n) is 4.52. The largest absolute Gasteiger partial charge is 0.375 e. The van der Waals surface area contributed by atoms with Gasteiger partial charge in [-0.3, -0.25) is 4.98 Å². The maximum absolute atomic E-state index is 12.8. The fourth-order valence-corrected chi connectivity index (χ4v) is 4.52. The Bertz CT molecular complexity index is 632. The molecule has 3 fully saturated rings. The lowest BCUT2D eigenvalue weighted by Gasteiger charge is -2.39. The van der Waals surface area contributed by atoms with Crippen LogP contribution in [0.2, 0.25) is 0 Å². The van der Waals surface area contributed by atoms with Gasteiger partial charge in [-0.2, -0.15) is 0 Å². The predicted octanol–water partition coefficient (Wildman–Crippen LogP) is 2.60. The second-order valence-corrected chi connectivity index (χ2v) is 7.77. The SMILES string of the molecule is Cc1cccc(COCC2C[C@@H]3[C@@H](C2)OCCN3C(=O)N2CCCC2)n1. The molecule has 1 saturated carbocycles. The molecule has 4 rings (SSSR count). The van der Waals surface area contributed by atoms with E-state index in [1.165, 1.54) is 0 Å². The summed E-state index contributed by atoms with van der Waals surface area (Å²) in [4.78, 5) is 21.4. The Balaban J connectivity index is 1.30. The molecule has 0 radical (unpaired) electrons. The number of hydrogen-bond acceptors (Lipinski definition) is 4. The zero-order valence-electron chi connectivity index (χ0n) is 15.6. The van der Waals surface area contributed by atoms with E-state index < -0.39 is 0 Å². The van der Waals surface area contributed by atoms with Crippen LogP contribution in [0.4, 0.5) is 4.79 Å². The summed E-state index contributed by atoms with van der Waals surface area (Å²) in [5.41, 5.74) is 1.99. The molecule has 6 nitrogen and oxygen atoms in total. The van der Waals surface area contributed by atoms with Crippen LogP contribution in [0, 0.1) is 12.8 Å². The molecular formula is C20H29N3O3. The molecule has 0 spiro atoms. The molecule has 0 bridgehead atoms. The molecule has 3 atom stereocenters. The monoisotopic (exact) mass is 359 g/mol. The van der Waals surface area contributed by atoms with Crippen molar-refractivity contribution < 1.29 is 14.3 Å². The standard InChI is InChI=1S/C20H29N3O3/c1-15-5-4-6-17(21-15)14-25-13-16-11-18-19(12-16)26-10-9-23(18)20(24)22-7-2-3-8-22/h4-6,16,18-19H,2-3,7-14H2,1H3/t16?,18-,19-/m1/s1. The van der Waals surface area contributed by atoms with Crippen molar-refractivity contribution in [2.45, 2.75) is 51.4 Å². The van der Waals surface area contributed by atoms with E-state index in [-0.39, 0.29) is 18.2 Å². The third-order valence-electron chi connectivity index (χ3n) is 5.81. The van der Waals surface area contributed by atoms with E-state index in [2.05, 4.69) is 9.88 Å². The summed E-state index contributed by atoms with van der Waals surface area (Å²) in [6, 6.07) is 6.44. The first kappa shape index (κ1) is 17.7. The van der Waals surface area contributed by atoms with Crippen LogP contribution in [-0.2, 0) is 16.1 Å². The molecule has 1 aliphatic carbocycles. The number of amides is 2. The molecule has 2 amide bonds. The third kappa shape index (κ3) is 3.86. The van der Waals surface area contributed by atoms with Crippen LogP contribution >= 0.6 is 0 Å². The van der Waals surface area contributed by atoms with Gasteiger partial charge in [-0.15, -0.1) is 0 Å². The highest BCUT2D eigenvalue weighted by atomic mass is 16.5. The number of aryl methyl sites for hydroxylation is 1. The van der Waals surface area contributed by atoms with E-state index in [1.54, 1.807) is 0 Å². The van der Waals surface area contributed by atoms with Crippen LogP contribution in [0.15, 0.2) is 18.2 Å². The summed E-state index contributed by atoms with van der Waals surface area (Å²) in [7, 11) is 0. The number of aromatic nitrogens is 1. The number of hydrogen-bond donors (Lipinski definition) is 0. The summed E-state index contributed by atoms with van der Waals surface area (Å²) in [6.07, 6.45) is 4.39. The van der Waals surface area contributed by atoms with Gasteiger partial charge in [0.15, 0.2) is 0 Å². The molecule has 0 N–H and O–H groups in total. The molecule has 1 unspecified atom stereocenters. The number of carbonyl (C=O) groups excluding carboxylic acids is 1. The van der Waals surface area contributed by atoms with E-state index in [9.17, 15) is 4.79 Å². The second-order valence-electron chi connectivity index (χ2n) is 7.77. The highest BCUT2D eigenvalue weighted by Crippen LogP contribution is 2.35. The van der Waals surface area contributed by atoms with Crippen molar-refractivity contribution in [3.63, 3.8) is 0 Å². The van der Waals surface area contributed by atoms with Crippen molar-refractivity contribution in [2.75, 3.05) is 32.8 Å². The van der Waals surface area contributed by atoms with Crippen molar-refractivity contribution in [3.8, 4) is 0 Å². The average molecular weight is 359 g/mol. The number of urea groups is 1. The van der Waals surface area contributed by atoms with Crippen molar-refractivity contribution in [2.24, 2.45) is 5.92 Å². The maximum atomic E-state index is 12.8. The van der Waals surface area contributed by atoms with Gasteiger partial charge in [0.2, 0.25) is 0 Å². The Hall–Kier alpha value is -1.66. The maximum Gasteiger partial charge on any atom is 0.320 e. The molecule has 1 aromatic heterocycles. The molecule has 2 aliphatic heterocycles. The van der Waals surface area contributed by atoms with Crippen LogP contribution in [0.5, 0.6) is 0 Å². The number of ether oxygens (including phenoxy) is 2. The Labute approximate surface area is 155 Å². The minimum Gasteiger partial charge on any atom is -0.375 e. The third-order valence-corrected chi connectivity index (χ3v) is 5.81. The summed E-state index contributed by atoms with van der Waals surface area (Å²) in [5.74, 6) is 0.446. The van der Waals surface area contributed by atoms with Gasteiger partial charge < -0.3 is 19.3 Å². The molecule has 1 aromatic rings. The second kappa shape index (κ2) is 7.92. The van der Waals surface area contributed by atoms with Gasteiger partial charge in [-0.05, 0) is 50.7 Å². The number of likely N-dealkylation sites (tertiary alicyclic amines) is 1. The number of rotatable bonds is 4. The molecule has 26 heavy (non-hydrogen) atoms. The zero-order valence-corrected chi connectivity index (χ0v) is 15.6. The van der Waals surface area contributed by atoms with Crippen molar-refractivity contribution in [1.29, 1.82) is 0 Å². The zero-order chi connectivity index (χ0) is 17.9. The summed E-state index contributed by atoms with van der Waals surface area (Å²) < 4.78 is 11.9. The van der Waals surface area contributed by atoms with E-state index in [0.29, 0.717) is 25.7 Å². The summed E-state index contributed by atoms with van der Waals surface area (Å²) in [5, 5.41) is 0. The van der Waals surface area contributed by atoms with Gasteiger partial charge >= 0.3 is 6.03 Å². The van der Waals surface area contributed by atoms with Crippen molar-refractivity contribution in [1.82, 2.24) is 14.8 Å². The summed E-state index contributed by atoms with van der Waals surface area (Å²) >= 11 is 0. The molecule has 6 heteroatoms. The first-order valence-electron chi connectivity index (χ1n) is 9.88. The lowest BCUT2D eigenvalue weighted by molar-refractivity contribution is -0.0432. The molecule has 142 valence electrons. The number of nitrogens with zero attached hydrogens (tertiary/aromatic N) is 3. The Kier molecular flexibility index (Phi) is 5.41. The van der Waals surface area contributed by atoms with Crippen LogP contribution in [0.25, 0.3) is 0 Å². The van der Waals surface area contributed by atoms with Crippen molar-refractivity contribution in [3.05, 3.63) is 29.6 Å². The minimum atomic E-state index is 0.168. The van der Waals surface area contributed by atoms with E-state index in [4.69, 9.17) is 9.47 Å². The Morgan fingerprint density at radius 2 is 2.12 bits per heavy atom. The smallest absolute Gasteiger partial charge is 0.320 e. The molecule has 3 heterocycles. The number of morpholine rings is 1. The molecule has 0 aromatic carbocycles. The lowest BCUT2D eigenvalue weighted by Crippen LogP contribution is -2.55. The Morgan fingerprint density at radius 1 is 1.27 bits per heavy atom. The van der Waals surface area contributed by atoms with Gasteiger partial charge in [-0.1, -0.05) is 6.07 Å². The fraction of sp³-hybridized carbons (Fsp3) is 0.700. The molecule has 2 saturated heterocycles. The minimum absolute atomic E-state index is 0.168. The predicted molar refractivity (Wildman–Crippen MR) is 97.8 cm³/mol. The van der Waals surface area contributed by atoms with Gasteiger partial charge in [0.05, 0.1) is 37.7 Å². The van der Waals surface area contributed by atoms with Gasteiger partial charge in [0.25, 0.3) is 0 Å². The van der Waals surface area contributed by atoms with Crippen LogP contribution in [-0.4, -0.2) is 65.8 Å². The van der Waals surface area contributed by atoms with Crippen LogP contribution in [0.1, 0.15) is 37.1 Å². The highest BCUT2D eigenvalue weighted by Gasteiger charge is 2.44. The number of pyridine rings is 1. The van der Waals surface area contributed by atoms with Crippen LogP contribution < -0.4 is 0 Å². The average Bonchev–Trinajstić information content (AvgIpc) is 3.30. The topological polar surface area (TPSA) is 54.9 Å². The van der Waals surface area contributed by atoms with E-state index in [0.717, 1.165) is 56.7 Å². The Morgan fingerprint density at radius 3 is 2.92 bits per heavy atom. The van der Waals surface area contributed by atoms with E-state index >= 15 is 0 Å². The lowest BCUT2D eigenvalue weighted by atomic mass is 10.1. The highest BCUT2D eigenvalue weighted by molar-refractivity contribution is 5.75. The van der Waals surface area contributed by atoms with Gasteiger partial charge in [-0.25, -0.2) is 4.79 Å². The number of carbonyl (C=O) groups is 1. The quantitative estimate of drug-likeness (QED) is 0.829. The molecule has 3 aliphatic rings. The first-order valence-corrected chi connectivity index (χ1v) is 9.88. The van der Waals surface area contributed by atoms with Crippen molar-refractivity contribution >= 4 is 6.03 Å². The van der Waals surface area contributed by atoms with Gasteiger partial charge in [0.1, 0.15) is 0 Å². The van der Waals surface area contributed by atoms with Gasteiger partial charge in [0, 0.05) is 25.3 Å². The number of fused-ring (bicyclic) bond motifs is 1. The molecular weight excluding hydrogens is 330 g/mol.